The lowest BCUT2D eigenvalue weighted by Crippen LogP contribution is -2.47. The third-order valence-corrected chi connectivity index (χ3v) is 4.14. The first-order valence-electron chi connectivity index (χ1n) is 7.55. The first kappa shape index (κ1) is 15.3. The van der Waals surface area contributed by atoms with E-state index in [0.29, 0.717) is 0 Å². The van der Waals surface area contributed by atoms with Crippen molar-refractivity contribution in [1.29, 1.82) is 0 Å². The molecule has 4 heteroatoms. The molecule has 2 rings (SSSR count). The first-order valence-corrected chi connectivity index (χ1v) is 7.55. The molecular formula is C16H27N3O. The maximum absolute atomic E-state index is 5.68. The van der Waals surface area contributed by atoms with Crippen LogP contribution in [-0.4, -0.2) is 37.8 Å². The minimum atomic E-state index is -0.0503. The van der Waals surface area contributed by atoms with Crippen LogP contribution in [0.2, 0.25) is 0 Å². The van der Waals surface area contributed by atoms with Crippen molar-refractivity contribution in [2.24, 2.45) is 0 Å². The van der Waals surface area contributed by atoms with E-state index < -0.39 is 0 Å². The van der Waals surface area contributed by atoms with Crippen LogP contribution in [0.1, 0.15) is 37.9 Å². The summed E-state index contributed by atoms with van der Waals surface area (Å²) in [5.74, 6) is 1.09. The van der Waals surface area contributed by atoms with Crippen LogP contribution in [0.4, 0.5) is 5.82 Å². The maximum atomic E-state index is 5.68. The molecule has 20 heavy (non-hydrogen) atoms. The number of methoxy groups -OCH3 is 1. The van der Waals surface area contributed by atoms with Gasteiger partial charge in [0, 0.05) is 32.4 Å². The predicted molar refractivity (Wildman–Crippen MR) is 83.2 cm³/mol. The SMILES string of the molecule is CCc1cc(CNC)cc(N2CCCC(C)(OC)C2)n1. The van der Waals surface area contributed by atoms with Gasteiger partial charge in [-0.05, 0) is 50.9 Å². The second kappa shape index (κ2) is 6.55. The zero-order chi connectivity index (χ0) is 14.6. The molecule has 0 radical (unpaired) electrons. The Labute approximate surface area is 122 Å². The van der Waals surface area contributed by atoms with Gasteiger partial charge in [-0.2, -0.15) is 0 Å². The minimum absolute atomic E-state index is 0.0503. The summed E-state index contributed by atoms with van der Waals surface area (Å²) in [5, 5.41) is 3.22. The topological polar surface area (TPSA) is 37.4 Å². The lowest BCUT2D eigenvalue weighted by atomic mass is 9.94. The number of pyridine rings is 1. The zero-order valence-corrected chi connectivity index (χ0v) is 13.2. The Hall–Kier alpha value is -1.13. The van der Waals surface area contributed by atoms with Crippen LogP contribution in [-0.2, 0) is 17.7 Å². The summed E-state index contributed by atoms with van der Waals surface area (Å²) in [4.78, 5) is 7.17. The molecule has 0 spiro atoms. The molecule has 0 bridgehead atoms. The van der Waals surface area contributed by atoms with Crippen molar-refractivity contribution in [1.82, 2.24) is 10.3 Å². The summed E-state index contributed by atoms with van der Waals surface area (Å²) in [6.07, 6.45) is 3.25. The summed E-state index contributed by atoms with van der Waals surface area (Å²) in [5.41, 5.74) is 2.42. The highest BCUT2D eigenvalue weighted by Crippen LogP contribution is 2.27. The van der Waals surface area contributed by atoms with Crippen molar-refractivity contribution >= 4 is 5.82 Å². The van der Waals surface area contributed by atoms with Crippen LogP contribution in [0.25, 0.3) is 0 Å². The number of aromatic nitrogens is 1. The van der Waals surface area contributed by atoms with Crippen LogP contribution < -0.4 is 10.2 Å². The average Bonchev–Trinajstić information content (AvgIpc) is 2.47. The molecule has 1 atom stereocenters. The molecule has 4 nitrogen and oxygen atoms in total. The zero-order valence-electron chi connectivity index (χ0n) is 13.2. The largest absolute Gasteiger partial charge is 0.377 e. The molecule has 2 heterocycles. The lowest BCUT2D eigenvalue weighted by Gasteiger charge is -2.40. The molecule has 1 N–H and O–H groups in total. The highest BCUT2D eigenvalue weighted by atomic mass is 16.5. The molecule has 0 aliphatic carbocycles. The normalized spacial score (nSPS) is 23.1. The minimum Gasteiger partial charge on any atom is -0.377 e. The summed E-state index contributed by atoms with van der Waals surface area (Å²) in [6, 6.07) is 4.40. The van der Waals surface area contributed by atoms with Gasteiger partial charge in [0.1, 0.15) is 5.82 Å². The van der Waals surface area contributed by atoms with Crippen LogP contribution in [0, 0.1) is 0 Å². The van der Waals surface area contributed by atoms with E-state index in [-0.39, 0.29) is 5.60 Å². The van der Waals surface area contributed by atoms with Crippen molar-refractivity contribution in [3.8, 4) is 0 Å². The van der Waals surface area contributed by atoms with E-state index in [2.05, 4.69) is 36.2 Å². The molecule has 1 fully saturated rings. The molecule has 0 aromatic carbocycles. The third kappa shape index (κ3) is 3.49. The van der Waals surface area contributed by atoms with E-state index in [9.17, 15) is 0 Å². The molecule has 1 unspecified atom stereocenters. The molecule has 1 aliphatic heterocycles. The Kier molecular flexibility index (Phi) is 5.00. The third-order valence-electron chi connectivity index (χ3n) is 4.14. The van der Waals surface area contributed by atoms with Crippen LogP contribution in [0.5, 0.6) is 0 Å². The predicted octanol–water partition coefficient (Wildman–Crippen LogP) is 2.37. The Morgan fingerprint density at radius 2 is 2.25 bits per heavy atom. The van der Waals surface area contributed by atoms with E-state index in [0.717, 1.165) is 50.4 Å². The summed E-state index contributed by atoms with van der Waals surface area (Å²) in [6.45, 7) is 7.22. The fourth-order valence-electron chi connectivity index (χ4n) is 2.85. The number of nitrogens with zero attached hydrogens (tertiary/aromatic N) is 2. The van der Waals surface area contributed by atoms with Crippen molar-refractivity contribution in [2.45, 2.75) is 45.3 Å². The number of rotatable bonds is 5. The van der Waals surface area contributed by atoms with E-state index in [1.165, 1.54) is 5.56 Å². The first-order chi connectivity index (χ1) is 9.60. The lowest BCUT2D eigenvalue weighted by molar-refractivity contribution is -0.00482. The molecule has 0 saturated carbocycles. The van der Waals surface area contributed by atoms with E-state index in [1.807, 2.05) is 14.2 Å². The smallest absolute Gasteiger partial charge is 0.129 e. The van der Waals surface area contributed by atoms with Crippen LogP contribution in [0.15, 0.2) is 12.1 Å². The van der Waals surface area contributed by atoms with Gasteiger partial charge in [0.15, 0.2) is 0 Å². The maximum Gasteiger partial charge on any atom is 0.129 e. The molecule has 1 saturated heterocycles. The molecule has 0 amide bonds. The fraction of sp³-hybridized carbons (Fsp3) is 0.688. The van der Waals surface area contributed by atoms with Crippen molar-refractivity contribution in [3.05, 3.63) is 23.4 Å². The number of anilines is 1. The monoisotopic (exact) mass is 277 g/mol. The second-order valence-electron chi connectivity index (χ2n) is 5.89. The number of ether oxygens (including phenoxy) is 1. The molecule has 1 aromatic rings. The Morgan fingerprint density at radius 3 is 2.90 bits per heavy atom. The number of piperidine rings is 1. The van der Waals surface area contributed by atoms with Gasteiger partial charge in [0.05, 0.1) is 5.60 Å². The Morgan fingerprint density at radius 1 is 1.45 bits per heavy atom. The second-order valence-corrected chi connectivity index (χ2v) is 5.89. The summed E-state index contributed by atoms with van der Waals surface area (Å²) >= 11 is 0. The Balaban J connectivity index is 2.24. The van der Waals surface area contributed by atoms with Gasteiger partial charge in [0.2, 0.25) is 0 Å². The summed E-state index contributed by atoms with van der Waals surface area (Å²) < 4.78 is 5.68. The average molecular weight is 277 g/mol. The quantitative estimate of drug-likeness (QED) is 0.896. The van der Waals surface area contributed by atoms with Crippen molar-refractivity contribution < 1.29 is 4.74 Å². The van der Waals surface area contributed by atoms with Gasteiger partial charge in [0.25, 0.3) is 0 Å². The number of nitrogens with one attached hydrogen (secondary N) is 1. The molecule has 112 valence electrons. The van der Waals surface area contributed by atoms with E-state index in [4.69, 9.17) is 9.72 Å². The summed E-state index contributed by atoms with van der Waals surface area (Å²) in [7, 11) is 3.79. The fourth-order valence-corrected chi connectivity index (χ4v) is 2.85. The van der Waals surface area contributed by atoms with Crippen LogP contribution in [0.3, 0.4) is 0 Å². The number of hydrogen-bond donors (Lipinski definition) is 1. The van der Waals surface area contributed by atoms with E-state index in [1.54, 1.807) is 0 Å². The number of hydrogen-bond acceptors (Lipinski definition) is 4. The Bertz CT molecular complexity index is 449. The van der Waals surface area contributed by atoms with E-state index >= 15 is 0 Å². The van der Waals surface area contributed by atoms with Crippen molar-refractivity contribution in [2.75, 3.05) is 32.1 Å². The number of aryl methyl sites for hydroxylation is 1. The highest BCUT2D eigenvalue weighted by Gasteiger charge is 2.31. The van der Waals surface area contributed by atoms with Gasteiger partial charge in [-0.25, -0.2) is 4.98 Å². The van der Waals surface area contributed by atoms with Gasteiger partial charge in [-0.15, -0.1) is 0 Å². The van der Waals surface area contributed by atoms with Gasteiger partial charge in [-0.1, -0.05) is 6.92 Å². The molecular weight excluding hydrogens is 250 g/mol. The van der Waals surface area contributed by atoms with Crippen molar-refractivity contribution in [3.63, 3.8) is 0 Å². The van der Waals surface area contributed by atoms with Gasteiger partial charge >= 0.3 is 0 Å². The van der Waals surface area contributed by atoms with Crippen LogP contribution >= 0.6 is 0 Å². The van der Waals surface area contributed by atoms with Gasteiger partial charge < -0.3 is 15.0 Å². The molecule has 1 aromatic heterocycles. The molecule has 1 aliphatic rings. The highest BCUT2D eigenvalue weighted by molar-refractivity contribution is 5.44. The van der Waals surface area contributed by atoms with Gasteiger partial charge in [-0.3, -0.25) is 0 Å². The standard InChI is InChI=1S/C16H27N3O/c1-5-14-9-13(11-17-3)10-15(18-14)19-8-6-7-16(2,12-19)20-4/h9-10,17H,5-8,11-12H2,1-4H3.